The lowest BCUT2D eigenvalue weighted by Gasteiger charge is -2.32. The highest BCUT2D eigenvalue weighted by Gasteiger charge is 2.35. The highest BCUT2D eigenvalue weighted by molar-refractivity contribution is 5.99. The Kier molecular flexibility index (Phi) is 3.29. The molecule has 102 valence electrons. The van der Waals surface area contributed by atoms with Gasteiger partial charge in [0.05, 0.1) is 12.7 Å². The number of fused-ring (bicyclic) bond motifs is 1. The maximum Gasteiger partial charge on any atom is 0.246 e. The van der Waals surface area contributed by atoms with Crippen LogP contribution in [0.5, 0.6) is 0 Å². The molecule has 0 unspecified atom stereocenters. The normalized spacial score (nSPS) is 26.3. The number of ether oxygens (including phenoxy) is 1. The SMILES string of the molecule is Cc1cccc2c1CCN2C(=O)[C@H]1NCCO[C@@H]1C. The molecule has 4 heteroatoms. The van der Waals surface area contributed by atoms with Gasteiger partial charge in [-0.3, -0.25) is 4.79 Å². The number of nitrogens with zero attached hydrogens (tertiary/aromatic N) is 1. The molecule has 1 aromatic carbocycles. The van der Waals surface area contributed by atoms with E-state index >= 15 is 0 Å². The van der Waals surface area contributed by atoms with Crippen molar-refractivity contribution in [1.82, 2.24) is 5.32 Å². The van der Waals surface area contributed by atoms with Gasteiger partial charge in [0, 0.05) is 18.8 Å². The molecule has 0 radical (unpaired) electrons. The Hall–Kier alpha value is -1.39. The molecule has 3 rings (SSSR count). The summed E-state index contributed by atoms with van der Waals surface area (Å²) in [7, 11) is 0. The number of amides is 1. The van der Waals surface area contributed by atoms with Crippen molar-refractivity contribution in [3.63, 3.8) is 0 Å². The van der Waals surface area contributed by atoms with E-state index in [0.717, 1.165) is 25.2 Å². The number of nitrogens with one attached hydrogen (secondary N) is 1. The van der Waals surface area contributed by atoms with Gasteiger partial charge in [-0.15, -0.1) is 0 Å². The molecule has 4 nitrogen and oxygen atoms in total. The smallest absolute Gasteiger partial charge is 0.246 e. The van der Waals surface area contributed by atoms with Crippen LogP contribution in [-0.4, -0.2) is 37.7 Å². The topological polar surface area (TPSA) is 41.6 Å². The Balaban J connectivity index is 1.85. The summed E-state index contributed by atoms with van der Waals surface area (Å²) in [6.07, 6.45) is 0.894. The molecule has 2 atom stereocenters. The van der Waals surface area contributed by atoms with E-state index in [4.69, 9.17) is 4.74 Å². The lowest BCUT2D eigenvalue weighted by molar-refractivity contribution is -0.126. The maximum atomic E-state index is 12.7. The number of carbonyl (C=O) groups excluding carboxylic acids is 1. The van der Waals surface area contributed by atoms with Crippen molar-refractivity contribution in [2.24, 2.45) is 0 Å². The summed E-state index contributed by atoms with van der Waals surface area (Å²) >= 11 is 0. The predicted octanol–water partition coefficient (Wildman–Crippen LogP) is 1.26. The molecular weight excluding hydrogens is 240 g/mol. The average molecular weight is 260 g/mol. The minimum absolute atomic E-state index is 0.0601. The second-order valence-electron chi connectivity index (χ2n) is 5.32. The van der Waals surface area contributed by atoms with Gasteiger partial charge in [0.1, 0.15) is 6.04 Å². The van der Waals surface area contributed by atoms with Crippen molar-refractivity contribution in [2.75, 3.05) is 24.6 Å². The standard InChI is InChI=1S/C15H20N2O2/c1-10-4-3-5-13-12(10)6-8-17(13)15(18)14-11(2)19-9-7-16-14/h3-5,11,14,16H,6-9H2,1-2H3/t11-,14+/m1/s1. The largest absolute Gasteiger partial charge is 0.375 e. The van der Waals surface area contributed by atoms with Crippen LogP contribution in [0, 0.1) is 6.92 Å². The molecular formula is C15H20N2O2. The van der Waals surface area contributed by atoms with Crippen LogP contribution in [0.3, 0.4) is 0 Å². The lowest BCUT2D eigenvalue weighted by Crippen LogP contribution is -2.56. The van der Waals surface area contributed by atoms with E-state index in [-0.39, 0.29) is 18.1 Å². The van der Waals surface area contributed by atoms with Crippen LogP contribution in [-0.2, 0) is 16.0 Å². The zero-order chi connectivity index (χ0) is 13.4. The molecule has 0 saturated carbocycles. The van der Waals surface area contributed by atoms with Crippen molar-refractivity contribution in [1.29, 1.82) is 0 Å². The molecule has 1 aromatic rings. The van der Waals surface area contributed by atoms with Crippen LogP contribution in [0.1, 0.15) is 18.1 Å². The third kappa shape index (κ3) is 2.15. The molecule has 2 heterocycles. The summed E-state index contributed by atoms with van der Waals surface area (Å²) in [5.41, 5.74) is 3.65. The summed E-state index contributed by atoms with van der Waals surface area (Å²) < 4.78 is 5.57. The van der Waals surface area contributed by atoms with Gasteiger partial charge in [-0.25, -0.2) is 0 Å². The van der Waals surface area contributed by atoms with E-state index in [0.29, 0.717) is 6.61 Å². The van der Waals surface area contributed by atoms with E-state index in [1.807, 2.05) is 24.0 Å². The number of aryl methyl sites for hydroxylation is 1. The molecule has 1 amide bonds. The minimum Gasteiger partial charge on any atom is -0.375 e. The number of benzene rings is 1. The Morgan fingerprint density at radius 3 is 3.11 bits per heavy atom. The monoisotopic (exact) mass is 260 g/mol. The second kappa shape index (κ2) is 4.94. The third-order valence-corrected chi connectivity index (χ3v) is 4.11. The first kappa shape index (κ1) is 12.6. The van der Waals surface area contributed by atoms with Crippen molar-refractivity contribution >= 4 is 11.6 Å². The molecule has 1 N–H and O–H groups in total. The van der Waals surface area contributed by atoms with E-state index < -0.39 is 0 Å². The van der Waals surface area contributed by atoms with Crippen molar-refractivity contribution in [3.05, 3.63) is 29.3 Å². The molecule has 2 aliphatic heterocycles. The zero-order valence-electron chi connectivity index (χ0n) is 11.5. The van der Waals surface area contributed by atoms with Gasteiger partial charge in [-0.1, -0.05) is 12.1 Å². The maximum absolute atomic E-state index is 12.7. The first-order valence-corrected chi connectivity index (χ1v) is 6.93. The Morgan fingerprint density at radius 2 is 2.32 bits per heavy atom. The van der Waals surface area contributed by atoms with E-state index in [2.05, 4.69) is 18.3 Å². The number of hydrogen-bond donors (Lipinski definition) is 1. The van der Waals surface area contributed by atoms with E-state index in [1.54, 1.807) is 0 Å². The number of rotatable bonds is 1. The van der Waals surface area contributed by atoms with Crippen molar-refractivity contribution < 1.29 is 9.53 Å². The fraction of sp³-hybridized carbons (Fsp3) is 0.533. The van der Waals surface area contributed by atoms with Gasteiger partial charge in [0.2, 0.25) is 5.91 Å². The quantitative estimate of drug-likeness (QED) is 0.826. The summed E-state index contributed by atoms with van der Waals surface area (Å²) in [5.74, 6) is 0.136. The summed E-state index contributed by atoms with van der Waals surface area (Å²) in [4.78, 5) is 14.6. The van der Waals surface area contributed by atoms with E-state index in [1.165, 1.54) is 11.1 Å². The number of anilines is 1. The molecule has 0 aromatic heterocycles. The molecule has 0 spiro atoms. The fourth-order valence-electron chi connectivity index (χ4n) is 3.02. The van der Waals surface area contributed by atoms with Gasteiger partial charge in [0.15, 0.2) is 0 Å². The number of hydrogen-bond acceptors (Lipinski definition) is 3. The molecule has 19 heavy (non-hydrogen) atoms. The molecule has 1 fully saturated rings. The minimum atomic E-state index is -0.222. The number of carbonyl (C=O) groups is 1. The van der Waals surface area contributed by atoms with Gasteiger partial charge < -0.3 is 15.0 Å². The Bertz CT molecular complexity index is 501. The highest BCUT2D eigenvalue weighted by atomic mass is 16.5. The highest BCUT2D eigenvalue weighted by Crippen LogP contribution is 2.31. The lowest BCUT2D eigenvalue weighted by atomic mass is 10.1. The third-order valence-electron chi connectivity index (χ3n) is 4.11. The summed E-state index contributed by atoms with van der Waals surface area (Å²) in [6.45, 7) is 6.28. The van der Waals surface area contributed by atoms with Crippen LogP contribution in [0.4, 0.5) is 5.69 Å². The van der Waals surface area contributed by atoms with Crippen molar-refractivity contribution in [3.8, 4) is 0 Å². The summed E-state index contributed by atoms with van der Waals surface area (Å²) in [5, 5.41) is 3.27. The Morgan fingerprint density at radius 1 is 1.47 bits per heavy atom. The molecule has 0 aliphatic carbocycles. The van der Waals surface area contributed by atoms with Crippen LogP contribution in [0.15, 0.2) is 18.2 Å². The average Bonchev–Trinajstić information content (AvgIpc) is 2.84. The zero-order valence-corrected chi connectivity index (χ0v) is 11.5. The predicted molar refractivity (Wildman–Crippen MR) is 74.4 cm³/mol. The van der Waals surface area contributed by atoms with Crippen LogP contribution in [0.25, 0.3) is 0 Å². The van der Waals surface area contributed by atoms with Gasteiger partial charge >= 0.3 is 0 Å². The molecule has 1 saturated heterocycles. The van der Waals surface area contributed by atoms with Gasteiger partial charge in [0.25, 0.3) is 0 Å². The van der Waals surface area contributed by atoms with Crippen LogP contribution < -0.4 is 10.2 Å². The fourth-order valence-corrected chi connectivity index (χ4v) is 3.02. The van der Waals surface area contributed by atoms with Gasteiger partial charge in [-0.2, -0.15) is 0 Å². The van der Waals surface area contributed by atoms with E-state index in [9.17, 15) is 4.79 Å². The molecule has 0 bridgehead atoms. The first-order chi connectivity index (χ1) is 9.18. The Labute approximate surface area is 113 Å². The van der Waals surface area contributed by atoms with Gasteiger partial charge in [-0.05, 0) is 37.5 Å². The second-order valence-corrected chi connectivity index (χ2v) is 5.32. The molecule has 2 aliphatic rings. The summed E-state index contributed by atoms with van der Waals surface area (Å²) in [6, 6.07) is 5.95. The number of morpholine rings is 1. The van der Waals surface area contributed by atoms with Crippen LogP contribution in [0.2, 0.25) is 0 Å². The van der Waals surface area contributed by atoms with Crippen molar-refractivity contribution in [2.45, 2.75) is 32.4 Å². The first-order valence-electron chi connectivity index (χ1n) is 6.93. The van der Waals surface area contributed by atoms with Crippen LogP contribution >= 0.6 is 0 Å².